The molecule has 5 heteroatoms. The molecule has 0 saturated heterocycles. The minimum absolute atomic E-state index is 0.0464. The number of esters is 1. The first-order valence-electron chi connectivity index (χ1n) is 7.68. The van der Waals surface area contributed by atoms with Crippen LogP contribution in [-0.4, -0.2) is 16.7 Å². The third-order valence-electron chi connectivity index (χ3n) is 3.45. The lowest BCUT2D eigenvalue weighted by Crippen LogP contribution is -2.26. The molecule has 2 rings (SSSR count). The van der Waals surface area contributed by atoms with Crippen LogP contribution in [-0.2, 0) is 9.53 Å². The second kappa shape index (κ2) is 6.54. The first-order chi connectivity index (χ1) is 10.7. The summed E-state index contributed by atoms with van der Waals surface area (Å²) in [4.78, 5) is 12.0. The van der Waals surface area contributed by atoms with Gasteiger partial charge in [0.15, 0.2) is 5.76 Å². The van der Waals surface area contributed by atoms with Gasteiger partial charge in [-0.05, 0) is 45.7 Å². The Kier molecular flexibility index (Phi) is 4.90. The molecule has 1 heterocycles. The summed E-state index contributed by atoms with van der Waals surface area (Å²) in [7, 11) is 0. The number of aromatic nitrogens is 1. The molecule has 2 aromatic rings. The highest BCUT2D eigenvalue weighted by molar-refractivity contribution is 5.74. The highest BCUT2D eigenvalue weighted by atomic mass is 16.6. The first-order valence-corrected chi connectivity index (χ1v) is 7.68. The number of carbonyl (C=O) groups excluding carboxylic acids is 1. The molecule has 0 radical (unpaired) electrons. The highest BCUT2D eigenvalue weighted by Crippen LogP contribution is 2.33. The molecule has 0 saturated carbocycles. The number of nitrogens with two attached hydrogens (primary N) is 1. The predicted octanol–water partition coefficient (Wildman–Crippen LogP) is 3.69. The van der Waals surface area contributed by atoms with Crippen LogP contribution < -0.4 is 5.73 Å². The fourth-order valence-electron chi connectivity index (χ4n) is 2.48. The van der Waals surface area contributed by atoms with E-state index in [1.807, 2.05) is 58.9 Å². The summed E-state index contributed by atoms with van der Waals surface area (Å²) in [6.07, 6.45) is 0.0464. The van der Waals surface area contributed by atoms with Crippen molar-refractivity contribution in [2.75, 3.05) is 0 Å². The molecular weight excluding hydrogens is 292 g/mol. The van der Waals surface area contributed by atoms with Crippen LogP contribution in [0.25, 0.3) is 11.1 Å². The van der Waals surface area contributed by atoms with Gasteiger partial charge < -0.3 is 15.0 Å². The van der Waals surface area contributed by atoms with Crippen molar-refractivity contribution in [2.45, 2.75) is 52.7 Å². The molecule has 0 aliphatic heterocycles. The monoisotopic (exact) mass is 316 g/mol. The number of nitrogens with zero attached hydrogens (tertiary/aromatic N) is 1. The Hall–Kier alpha value is -2.14. The second-order valence-electron chi connectivity index (χ2n) is 6.72. The Labute approximate surface area is 136 Å². The van der Waals surface area contributed by atoms with Crippen molar-refractivity contribution >= 4 is 5.97 Å². The third-order valence-corrected chi connectivity index (χ3v) is 3.45. The number of carbonyl (C=O) groups is 1. The van der Waals surface area contributed by atoms with E-state index in [4.69, 9.17) is 15.0 Å². The fourth-order valence-corrected chi connectivity index (χ4v) is 2.48. The molecule has 0 bridgehead atoms. The summed E-state index contributed by atoms with van der Waals surface area (Å²) in [5, 5.41) is 4.03. The smallest absolute Gasteiger partial charge is 0.308 e. The Bertz CT molecular complexity index is 699. The Balaban J connectivity index is 2.28. The number of hydrogen-bond acceptors (Lipinski definition) is 5. The Morgan fingerprint density at radius 2 is 1.96 bits per heavy atom. The number of hydrogen-bond donors (Lipinski definition) is 1. The molecule has 0 fully saturated rings. The van der Waals surface area contributed by atoms with Gasteiger partial charge in [0.25, 0.3) is 0 Å². The molecule has 2 N–H and O–H groups in total. The molecule has 0 aliphatic carbocycles. The number of benzene rings is 1. The zero-order valence-electron chi connectivity index (χ0n) is 14.3. The van der Waals surface area contributed by atoms with Gasteiger partial charge in [-0.25, -0.2) is 0 Å². The molecule has 5 nitrogen and oxygen atoms in total. The van der Waals surface area contributed by atoms with Crippen LogP contribution in [0.5, 0.6) is 0 Å². The fraction of sp³-hybridized carbons (Fsp3) is 0.444. The van der Waals surface area contributed by atoms with E-state index < -0.39 is 11.6 Å². The van der Waals surface area contributed by atoms with E-state index in [0.717, 1.165) is 22.4 Å². The first kappa shape index (κ1) is 17.2. The lowest BCUT2D eigenvalue weighted by molar-refractivity contribution is -0.155. The number of ether oxygens (including phenoxy) is 1. The zero-order valence-corrected chi connectivity index (χ0v) is 14.3. The highest BCUT2D eigenvalue weighted by Gasteiger charge is 2.26. The number of aryl methyl sites for hydroxylation is 2. The summed E-state index contributed by atoms with van der Waals surface area (Å²) < 4.78 is 10.7. The topological polar surface area (TPSA) is 78.4 Å². The summed E-state index contributed by atoms with van der Waals surface area (Å²) in [6, 6.07) is 7.35. The van der Waals surface area contributed by atoms with Gasteiger partial charge in [-0.15, -0.1) is 0 Å². The normalized spacial score (nSPS) is 13.0. The molecule has 0 amide bonds. The van der Waals surface area contributed by atoms with Gasteiger partial charge in [-0.1, -0.05) is 29.4 Å². The maximum Gasteiger partial charge on any atom is 0.308 e. The van der Waals surface area contributed by atoms with Crippen LogP contribution in [0.15, 0.2) is 28.8 Å². The predicted molar refractivity (Wildman–Crippen MR) is 88.8 cm³/mol. The van der Waals surface area contributed by atoms with Crippen LogP contribution >= 0.6 is 0 Å². The van der Waals surface area contributed by atoms with Gasteiger partial charge in [-0.3, -0.25) is 4.79 Å². The molecule has 1 atom stereocenters. The van der Waals surface area contributed by atoms with Gasteiger partial charge in [0.2, 0.25) is 0 Å². The molecule has 1 aromatic carbocycles. The molecule has 0 aliphatic rings. The quantitative estimate of drug-likeness (QED) is 0.870. The summed E-state index contributed by atoms with van der Waals surface area (Å²) in [6.45, 7) is 9.37. The van der Waals surface area contributed by atoms with Gasteiger partial charge in [0.1, 0.15) is 5.60 Å². The van der Waals surface area contributed by atoms with E-state index in [9.17, 15) is 4.79 Å². The van der Waals surface area contributed by atoms with Gasteiger partial charge in [0.05, 0.1) is 18.2 Å². The Morgan fingerprint density at radius 1 is 1.30 bits per heavy atom. The van der Waals surface area contributed by atoms with E-state index in [-0.39, 0.29) is 12.4 Å². The van der Waals surface area contributed by atoms with Crippen molar-refractivity contribution in [3.63, 3.8) is 0 Å². The molecule has 1 aromatic heterocycles. The third kappa shape index (κ3) is 4.20. The van der Waals surface area contributed by atoms with E-state index in [1.54, 1.807) is 0 Å². The average Bonchev–Trinajstić information content (AvgIpc) is 2.79. The molecule has 23 heavy (non-hydrogen) atoms. The van der Waals surface area contributed by atoms with Crippen molar-refractivity contribution in [1.29, 1.82) is 0 Å². The standard InChI is InChI=1S/C18H24N2O3/c1-11-8-6-7-9-13(11)16-12(2)20-23-17(16)14(19)10-15(21)22-18(3,4)5/h6-9,14H,10,19H2,1-5H3/t14-/m0/s1. The minimum Gasteiger partial charge on any atom is -0.460 e. The van der Waals surface area contributed by atoms with Crippen molar-refractivity contribution in [1.82, 2.24) is 5.16 Å². The van der Waals surface area contributed by atoms with E-state index >= 15 is 0 Å². The van der Waals surface area contributed by atoms with Crippen LogP contribution in [0.3, 0.4) is 0 Å². The zero-order chi connectivity index (χ0) is 17.2. The summed E-state index contributed by atoms with van der Waals surface area (Å²) in [5.41, 5.74) is 9.38. The van der Waals surface area contributed by atoms with E-state index in [2.05, 4.69) is 5.16 Å². The lowest BCUT2D eigenvalue weighted by atomic mass is 9.96. The van der Waals surface area contributed by atoms with Gasteiger partial charge in [0, 0.05) is 5.56 Å². The van der Waals surface area contributed by atoms with Crippen molar-refractivity contribution in [3.8, 4) is 11.1 Å². The lowest BCUT2D eigenvalue weighted by Gasteiger charge is -2.20. The Morgan fingerprint density at radius 3 is 2.57 bits per heavy atom. The minimum atomic E-state index is -0.597. The van der Waals surface area contributed by atoms with Crippen LogP contribution in [0, 0.1) is 13.8 Å². The molecule has 124 valence electrons. The van der Waals surface area contributed by atoms with E-state index in [1.165, 1.54) is 0 Å². The SMILES string of the molecule is Cc1ccccc1-c1c(C)noc1[C@@H](N)CC(=O)OC(C)(C)C. The maximum atomic E-state index is 12.0. The van der Waals surface area contributed by atoms with E-state index in [0.29, 0.717) is 5.76 Å². The average molecular weight is 316 g/mol. The summed E-state index contributed by atoms with van der Waals surface area (Å²) >= 11 is 0. The van der Waals surface area contributed by atoms with Gasteiger partial charge in [-0.2, -0.15) is 0 Å². The molecule has 0 unspecified atom stereocenters. The second-order valence-corrected chi connectivity index (χ2v) is 6.72. The van der Waals surface area contributed by atoms with Crippen LogP contribution in [0.1, 0.15) is 50.3 Å². The molecular formula is C18H24N2O3. The van der Waals surface area contributed by atoms with Crippen LogP contribution in [0.2, 0.25) is 0 Å². The largest absolute Gasteiger partial charge is 0.460 e. The maximum absolute atomic E-state index is 12.0. The van der Waals surface area contributed by atoms with Gasteiger partial charge >= 0.3 is 5.97 Å². The molecule has 0 spiro atoms. The van der Waals surface area contributed by atoms with Crippen molar-refractivity contribution in [2.24, 2.45) is 5.73 Å². The number of rotatable bonds is 4. The van der Waals surface area contributed by atoms with Crippen molar-refractivity contribution in [3.05, 3.63) is 41.3 Å². The van der Waals surface area contributed by atoms with Crippen molar-refractivity contribution < 1.29 is 14.1 Å². The summed E-state index contributed by atoms with van der Waals surface area (Å²) in [5.74, 6) is 0.164. The van der Waals surface area contributed by atoms with Crippen LogP contribution in [0.4, 0.5) is 0 Å².